The van der Waals surface area contributed by atoms with Crippen molar-refractivity contribution >= 4 is 15.9 Å². The Kier molecular flexibility index (Phi) is 8.76. The summed E-state index contributed by atoms with van der Waals surface area (Å²) in [5.41, 5.74) is 1.80. The fourth-order valence-electron chi connectivity index (χ4n) is 2.82. The van der Waals surface area contributed by atoms with Crippen LogP contribution < -0.4 is 4.74 Å². The van der Waals surface area contributed by atoms with Crippen molar-refractivity contribution in [3.05, 3.63) is 71.6 Å². The maximum absolute atomic E-state index is 14.5. The van der Waals surface area contributed by atoms with Crippen LogP contribution in [0.3, 0.4) is 0 Å². The van der Waals surface area contributed by atoms with Gasteiger partial charge in [-0.3, -0.25) is 4.79 Å². The van der Waals surface area contributed by atoms with Crippen LogP contribution >= 0.6 is 0 Å². The zero-order valence-corrected chi connectivity index (χ0v) is 19.0. The second kappa shape index (κ2) is 11.1. The van der Waals surface area contributed by atoms with Crippen molar-refractivity contribution in [3.8, 4) is 5.75 Å². The highest BCUT2D eigenvalue weighted by molar-refractivity contribution is 7.89. The smallest absolute Gasteiger partial charge is 0.296 e. The van der Waals surface area contributed by atoms with E-state index in [4.69, 9.17) is 9.47 Å². The molecule has 0 atom stereocenters. The van der Waals surface area contributed by atoms with Gasteiger partial charge < -0.3 is 9.47 Å². The van der Waals surface area contributed by atoms with E-state index < -0.39 is 27.8 Å². The van der Waals surface area contributed by atoms with Gasteiger partial charge in [-0.25, -0.2) is 17.1 Å². The van der Waals surface area contributed by atoms with Crippen molar-refractivity contribution in [3.63, 3.8) is 0 Å². The SMILES string of the molecule is COc1ccc(COCC/C=C(\F)C(=O)N(C(C)C)S(=O)(=O)c2ccc(C)cc2)cc1. The lowest BCUT2D eigenvalue weighted by molar-refractivity contribution is -0.125. The topological polar surface area (TPSA) is 72.9 Å². The summed E-state index contributed by atoms with van der Waals surface area (Å²) in [5.74, 6) is -1.58. The quantitative estimate of drug-likeness (QED) is 0.397. The molecule has 0 saturated carbocycles. The number of benzene rings is 2. The summed E-state index contributed by atoms with van der Waals surface area (Å²) < 4.78 is 51.4. The molecule has 0 aromatic heterocycles. The Labute approximate surface area is 183 Å². The second-order valence-corrected chi connectivity index (χ2v) is 9.07. The van der Waals surface area contributed by atoms with E-state index in [9.17, 15) is 17.6 Å². The Bertz CT molecular complexity index is 999. The molecular formula is C23H28FNO5S. The largest absolute Gasteiger partial charge is 0.497 e. The Morgan fingerprint density at radius 1 is 1.10 bits per heavy atom. The first-order chi connectivity index (χ1) is 14.7. The van der Waals surface area contributed by atoms with Crippen molar-refractivity contribution in [2.75, 3.05) is 13.7 Å². The van der Waals surface area contributed by atoms with E-state index >= 15 is 0 Å². The van der Waals surface area contributed by atoms with Gasteiger partial charge in [-0.1, -0.05) is 29.8 Å². The van der Waals surface area contributed by atoms with Gasteiger partial charge in [0.1, 0.15) is 5.75 Å². The van der Waals surface area contributed by atoms with Crippen LogP contribution in [-0.2, 0) is 26.2 Å². The van der Waals surface area contributed by atoms with Gasteiger partial charge in [-0.05, 0) is 63.1 Å². The number of ether oxygens (including phenoxy) is 2. The molecule has 1 amide bonds. The molecule has 31 heavy (non-hydrogen) atoms. The molecule has 2 rings (SSSR count). The van der Waals surface area contributed by atoms with E-state index in [-0.39, 0.29) is 17.9 Å². The Balaban J connectivity index is 1.99. The van der Waals surface area contributed by atoms with Crippen LogP contribution in [0.1, 0.15) is 31.4 Å². The minimum Gasteiger partial charge on any atom is -0.497 e. The van der Waals surface area contributed by atoms with Gasteiger partial charge in [0, 0.05) is 6.04 Å². The second-order valence-electron chi connectivity index (χ2n) is 7.25. The number of hydrogen-bond acceptors (Lipinski definition) is 5. The van der Waals surface area contributed by atoms with Crippen LogP contribution in [0.5, 0.6) is 5.75 Å². The fourth-order valence-corrected chi connectivity index (χ4v) is 4.39. The highest BCUT2D eigenvalue weighted by Crippen LogP contribution is 2.22. The van der Waals surface area contributed by atoms with Crippen molar-refractivity contribution in [1.29, 1.82) is 0 Å². The van der Waals surface area contributed by atoms with E-state index in [0.717, 1.165) is 23.0 Å². The number of carbonyl (C=O) groups is 1. The first-order valence-electron chi connectivity index (χ1n) is 9.88. The highest BCUT2D eigenvalue weighted by Gasteiger charge is 2.33. The summed E-state index contributed by atoms with van der Waals surface area (Å²) in [7, 11) is -2.59. The van der Waals surface area contributed by atoms with E-state index in [1.54, 1.807) is 19.2 Å². The summed E-state index contributed by atoms with van der Waals surface area (Å²) in [6.07, 6.45) is 1.18. The van der Waals surface area contributed by atoms with Crippen LogP contribution in [0.4, 0.5) is 4.39 Å². The lowest BCUT2D eigenvalue weighted by atomic mass is 10.2. The molecule has 8 heteroatoms. The van der Waals surface area contributed by atoms with Gasteiger partial charge in [0.2, 0.25) is 0 Å². The molecule has 0 fully saturated rings. The average Bonchev–Trinajstić information content (AvgIpc) is 2.73. The molecule has 0 N–H and O–H groups in total. The van der Waals surface area contributed by atoms with Crippen molar-refractivity contribution < 1.29 is 27.1 Å². The maximum Gasteiger partial charge on any atom is 0.296 e. The van der Waals surface area contributed by atoms with Crippen LogP contribution in [0.15, 0.2) is 65.3 Å². The number of aryl methyl sites for hydroxylation is 1. The molecule has 0 aliphatic heterocycles. The maximum atomic E-state index is 14.5. The van der Waals surface area contributed by atoms with Crippen molar-refractivity contribution in [2.45, 2.75) is 44.7 Å². The number of hydrogen-bond donors (Lipinski definition) is 0. The predicted octanol–water partition coefficient (Wildman–Crippen LogP) is 4.39. The monoisotopic (exact) mass is 449 g/mol. The first kappa shape index (κ1) is 24.6. The van der Waals surface area contributed by atoms with Gasteiger partial charge in [0.15, 0.2) is 5.83 Å². The normalized spacial score (nSPS) is 12.1. The summed E-state index contributed by atoms with van der Waals surface area (Å²) >= 11 is 0. The minimum atomic E-state index is -4.18. The number of sulfonamides is 1. The Morgan fingerprint density at radius 2 is 1.71 bits per heavy atom. The molecule has 6 nitrogen and oxygen atoms in total. The number of methoxy groups -OCH3 is 1. The van der Waals surface area contributed by atoms with Gasteiger partial charge in [-0.15, -0.1) is 0 Å². The molecule has 0 saturated heterocycles. The summed E-state index contributed by atoms with van der Waals surface area (Å²) in [5, 5.41) is 0. The molecule has 168 valence electrons. The van der Waals surface area contributed by atoms with E-state index in [1.807, 2.05) is 31.2 Å². The lowest BCUT2D eigenvalue weighted by Crippen LogP contribution is -2.42. The Morgan fingerprint density at radius 3 is 2.26 bits per heavy atom. The number of amides is 1. The lowest BCUT2D eigenvalue weighted by Gasteiger charge is -2.25. The summed E-state index contributed by atoms with van der Waals surface area (Å²) in [6.45, 7) is 5.37. The standard InChI is InChI=1S/C23H28FNO5S/c1-17(2)25(31(27,28)21-13-7-18(3)8-14-21)23(26)22(24)6-5-15-30-16-19-9-11-20(29-4)12-10-19/h6-14,17H,5,15-16H2,1-4H3/b22-6-. The first-order valence-corrected chi connectivity index (χ1v) is 11.3. The summed E-state index contributed by atoms with van der Waals surface area (Å²) in [4.78, 5) is 12.5. The third-order valence-corrected chi connectivity index (χ3v) is 6.44. The molecule has 0 spiro atoms. The minimum absolute atomic E-state index is 0.0595. The van der Waals surface area contributed by atoms with Gasteiger partial charge in [-0.2, -0.15) is 0 Å². The van der Waals surface area contributed by atoms with Crippen molar-refractivity contribution in [2.24, 2.45) is 0 Å². The van der Waals surface area contributed by atoms with Crippen LogP contribution in [0.25, 0.3) is 0 Å². The summed E-state index contributed by atoms with van der Waals surface area (Å²) in [6, 6.07) is 12.7. The molecule has 0 aliphatic carbocycles. The molecule has 2 aromatic rings. The fraction of sp³-hybridized carbons (Fsp3) is 0.348. The van der Waals surface area contributed by atoms with Crippen LogP contribution in [0, 0.1) is 6.92 Å². The molecule has 0 bridgehead atoms. The zero-order chi connectivity index (χ0) is 23.0. The molecular weight excluding hydrogens is 421 g/mol. The third kappa shape index (κ3) is 6.63. The molecule has 0 heterocycles. The molecule has 2 aromatic carbocycles. The van der Waals surface area contributed by atoms with Gasteiger partial charge in [0.05, 0.1) is 25.2 Å². The highest BCUT2D eigenvalue weighted by atomic mass is 32.2. The van der Waals surface area contributed by atoms with Crippen molar-refractivity contribution in [1.82, 2.24) is 4.31 Å². The van der Waals surface area contributed by atoms with Crippen LogP contribution in [-0.4, -0.2) is 38.4 Å². The Hall–Kier alpha value is -2.71. The zero-order valence-electron chi connectivity index (χ0n) is 18.2. The van der Waals surface area contributed by atoms with E-state index in [1.165, 1.54) is 26.0 Å². The van der Waals surface area contributed by atoms with E-state index in [0.29, 0.717) is 10.9 Å². The van der Waals surface area contributed by atoms with Gasteiger partial charge in [0.25, 0.3) is 15.9 Å². The van der Waals surface area contributed by atoms with Gasteiger partial charge >= 0.3 is 0 Å². The average molecular weight is 450 g/mol. The molecule has 0 radical (unpaired) electrons. The van der Waals surface area contributed by atoms with Crippen LogP contribution in [0.2, 0.25) is 0 Å². The van der Waals surface area contributed by atoms with E-state index in [2.05, 4.69) is 0 Å². The number of halogens is 1. The third-order valence-electron chi connectivity index (χ3n) is 4.46. The molecule has 0 aliphatic rings. The number of rotatable bonds is 10. The predicted molar refractivity (Wildman–Crippen MR) is 117 cm³/mol. The molecule has 0 unspecified atom stereocenters. The number of nitrogens with zero attached hydrogens (tertiary/aromatic N) is 1. The number of carbonyl (C=O) groups excluding carboxylic acids is 1.